The number of nitrogens with zero attached hydrogens (tertiary/aromatic N) is 3. The summed E-state index contributed by atoms with van der Waals surface area (Å²) in [4.78, 5) is 19.8. The number of benzene rings is 1. The van der Waals surface area contributed by atoms with E-state index in [1.54, 1.807) is 24.3 Å². The van der Waals surface area contributed by atoms with Gasteiger partial charge in [-0.1, -0.05) is 6.07 Å². The van der Waals surface area contributed by atoms with Crippen LogP contribution < -0.4 is 5.43 Å². The summed E-state index contributed by atoms with van der Waals surface area (Å²) in [6.07, 6.45) is 1.04. The molecular formula is C17H15ClFN3O. The Morgan fingerprint density at radius 3 is 2.70 bits per heavy atom. The summed E-state index contributed by atoms with van der Waals surface area (Å²) in [6, 6.07) is 6.91. The van der Waals surface area contributed by atoms with E-state index in [2.05, 4.69) is 9.97 Å². The van der Waals surface area contributed by atoms with Gasteiger partial charge in [-0.25, -0.2) is 14.4 Å². The minimum absolute atomic E-state index is 0.0213. The molecule has 0 aliphatic heterocycles. The van der Waals surface area contributed by atoms with Crippen LogP contribution in [0.1, 0.15) is 25.6 Å². The Morgan fingerprint density at radius 1 is 1.26 bits per heavy atom. The topological polar surface area (TPSA) is 47.8 Å². The maximum absolute atomic E-state index is 14.0. The highest BCUT2D eigenvalue weighted by atomic mass is 35.5. The molecule has 0 N–H and O–H groups in total. The van der Waals surface area contributed by atoms with Crippen molar-refractivity contribution in [2.45, 2.75) is 26.8 Å². The normalized spacial score (nSPS) is 11.4. The first-order valence-corrected chi connectivity index (χ1v) is 7.60. The molecular weight excluding hydrogens is 317 g/mol. The first kappa shape index (κ1) is 15.6. The molecule has 0 fully saturated rings. The van der Waals surface area contributed by atoms with Gasteiger partial charge in [0.1, 0.15) is 5.69 Å². The molecule has 0 radical (unpaired) electrons. The van der Waals surface area contributed by atoms with Crippen molar-refractivity contribution in [3.8, 4) is 11.3 Å². The molecule has 0 bridgehead atoms. The monoisotopic (exact) mass is 331 g/mol. The molecule has 0 amide bonds. The molecule has 2 heterocycles. The van der Waals surface area contributed by atoms with E-state index in [0.717, 1.165) is 17.4 Å². The zero-order valence-electron chi connectivity index (χ0n) is 13.0. The molecule has 1 aromatic carbocycles. The van der Waals surface area contributed by atoms with Gasteiger partial charge in [-0.2, -0.15) is 0 Å². The van der Waals surface area contributed by atoms with Crippen molar-refractivity contribution in [2.75, 3.05) is 0 Å². The number of rotatable bonds is 2. The van der Waals surface area contributed by atoms with E-state index in [4.69, 9.17) is 11.6 Å². The number of pyridine rings is 1. The third kappa shape index (κ3) is 2.72. The van der Waals surface area contributed by atoms with Gasteiger partial charge in [0.2, 0.25) is 5.28 Å². The Hall–Kier alpha value is -2.27. The number of fused-ring (bicyclic) bond motifs is 1. The van der Waals surface area contributed by atoms with Gasteiger partial charge in [0.05, 0.1) is 11.7 Å². The Bertz CT molecular complexity index is 966. The van der Waals surface area contributed by atoms with Crippen molar-refractivity contribution in [2.24, 2.45) is 0 Å². The summed E-state index contributed by atoms with van der Waals surface area (Å²) < 4.78 is 16.1. The third-order valence-electron chi connectivity index (χ3n) is 3.75. The Labute approximate surface area is 137 Å². The zero-order chi connectivity index (χ0) is 16.7. The largest absolute Gasteiger partial charge is 0.342 e. The minimum atomic E-state index is -0.556. The molecule has 0 unspecified atom stereocenters. The number of hydrogen-bond acceptors (Lipinski definition) is 3. The second-order valence-corrected chi connectivity index (χ2v) is 6.02. The second kappa shape index (κ2) is 5.74. The molecule has 118 valence electrons. The maximum atomic E-state index is 14.0. The zero-order valence-corrected chi connectivity index (χ0v) is 13.7. The van der Waals surface area contributed by atoms with E-state index in [0.29, 0.717) is 10.9 Å². The van der Waals surface area contributed by atoms with Crippen LogP contribution in [0.4, 0.5) is 4.39 Å². The fourth-order valence-corrected chi connectivity index (χ4v) is 2.98. The predicted octanol–water partition coefficient (Wildman–Crippen LogP) is 4.14. The molecule has 2 aromatic heterocycles. The summed E-state index contributed by atoms with van der Waals surface area (Å²) in [7, 11) is 0. The summed E-state index contributed by atoms with van der Waals surface area (Å²) in [5.41, 5.74) is 2.23. The number of aryl methyl sites for hydroxylation is 1. The molecule has 4 nitrogen and oxygen atoms in total. The lowest BCUT2D eigenvalue weighted by molar-refractivity contribution is 0.601. The van der Waals surface area contributed by atoms with Crippen LogP contribution >= 0.6 is 11.6 Å². The Morgan fingerprint density at radius 2 is 2.00 bits per heavy atom. The highest BCUT2D eigenvalue weighted by molar-refractivity contribution is 6.28. The lowest BCUT2D eigenvalue weighted by Gasteiger charge is -2.19. The fraction of sp³-hybridized carbons (Fsp3) is 0.235. The van der Waals surface area contributed by atoms with E-state index >= 15 is 0 Å². The van der Waals surface area contributed by atoms with Gasteiger partial charge in [0.15, 0.2) is 11.2 Å². The molecule has 0 saturated heterocycles. The average molecular weight is 332 g/mol. The lowest BCUT2D eigenvalue weighted by atomic mass is 10.1. The van der Waals surface area contributed by atoms with Crippen LogP contribution in [0.15, 0.2) is 35.3 Å². The first-order chi connectivity index (χ1) is 10.9. The van der Waals surface area contributed by atoms with Gasteiger partial charge < -0.3 is 4.57 Å². The average Bonchev–Trinajstić information content (AvgIpc) is 2.48. The SMILES string of the molecule is Cc1cc(=O)c2ccc(-c3nc(Cl)ncc3F)cc2n1C(C)C. The predicted molar refractivity (Wildman–Crippen MR) is 89.3 cm³/mol. The van der Waals surface area contributed by atoms with Crippen LogP contribution in [0, 0.1) is 12.7 Å². The summed E-state index contributed by atoms with van der Waals surface area (Å²) in [5, 5.41) is 0.570. The summed E-state index contributed by atoms with van der Waals surface area (Å²) >= 11 is 5.77. The number of hydrogen-bond donors (Lipinski definition) is 0. The quantitative estimate of drug-likeness (QED) is 0.663. The van der Waals surface area contributed by atoms with Gasteiger partial charge in [0.25, 0.3) is 0 Å². The van der Waals surface area contributed by atoms with E-state index in [-0.39, 0.29) is 22.4 Å². The van der Waals surface area contributed by atoms with Crippen molar-refractivity contribution < 1.29 is 4.39 Å². The molecule has 0 saturated carbocycles. The highest BCUT2D eigenvalue weighted by Crippen LogP contribution is 2.26. The molecule has 23 heavy (non-hydrogen) atoms. The Balaban J connectivity index is 2.36. The Kier molecular flexibility index (Phi) is 3.90. The fourth-order valence-electron chi connectivity index (χ4n) is 2.85. The van der Waals surface area contributed by atoms with E-state index < -0.39 is 5.82 Å². The molecule has 0 atom stereocenters. The lowest BCUT2D eigenvalue weighted by Crippen LogP contribution is -2.13. The summed E-state index contributed by atoms with van der Waals surface area (Å²) in [6.45, 7) is 5.95. The van der Waals surface area contributed by atoms with Crippen LogP contribution in [-0.4, -0.2) is 14.5 Å². The van der Waals surface area contributed by atoms with Crippen LogP contribution in [0.5, 0.6) is 0 Å². The van der Waals surface area contributed by atoms with Crippen molar-refractivity contribution in [3.05, 3.63) is 57.5 Å². The van der Waals surface area contributed by atoms with Crippen LogP contribution in [0.3, 0.4) is 0 Å². The third-order valence-corrected chi connectivity index (χ3v) is 3.93. The highest BCUT2D eigenvalue weighted by Gasteiger charge is 2.13. The van der Waals surface area contributed by atoms with Gasteiger partial charge in [-0.05, 0) is 44.5 Å². The summed E-state index contributed by atoms with van der Waals surface area (Å²) in [5.74, 6) is -0.556. The van der Waals surface area contributed by atoms with Crippen LogP contribution in [-0.2, 0) is 0 Å². The second-order valence-electron chi connectivity index (χ2n) is 5.68. The van der Waals surface area contributed by atoms with Gasteiger partial charge in [-0.15, -0.1) is 0 Å². The van der Waals surface area contributed by atoms with Crippen molar-refractivity contribution in [1.82, 2.24) is 14.5 Å². The van der Waals surface area contributed by atoms with E-state index in [9.17, 15) is 9.18 Å². The van der Waals surface area contributed by atoms with E-state index in [1.807, 2.05) is 25.3 Å². The van der Waals surface area contributed by atoms with Crippen molar-refractivity contribution in [1.29, 1.82) is 0 Å². The number of halogens is 2. The first-order valence-electron chi connectivity index (χ1n) is 7.23. The molecule has 3 rings (SSSR count). The molecule has 6 heteroatoms. The standard InChI is InChI=1S/C17H15ClFN3O/c1-9(2)22-10(3)6-15(23)12-5-4-11(7-14(12)22)16-13(19)8-20-17(18)21-16/h4-9H,1-3H3. The van der Waals surface area contributed by atoms with E-state index in [1.165, 1.54) is 0 Å². The molecule has 0 aliphatic rings. The van der Waals surface area contributed by atoms with Crippen molar-refractivity contribution >= 4 is 22.5 Å². The molecule has 0 aliphatic carbocycles. The minimum Gasteiger partial charge on any atom is -0.342 e. The smallest absolute Gasteiger partial charge is 0.223 e. The number of aromatic nitrogens is 3. The van der Waals surface area contributed by atoms with Gasteiger partial charge in [-0.3, -0.25) is 4.79 Å². The van der Waals surface area contributed by atoms with Crippen molar-refractivity contribution in [3.63, 3.8) is 0 Å². The van der Waals surface area contributed by atoms with Crippen LogP contribution in [0.2, 0.25) is 5.28 Å². The van der Waals surface area contributed by atoms with Crippen LogP contribution in [0.25, 0.3) is 22.2 Å². The molecule has 3 aromatic rings. The van der Waals surface area contributed by atoms with Gasteiger partial charge >= 0.3 is 0 Å². The van der Waals surface area contributed by atoms with Gasteiger partial charge in [0, 0.05) is 28.8 Å². The maximum Gasteiger partial charge on any atom is 0.223 e. The molecule has 0 spiro atoms.